The molecule has 0 radical (unpaired) electrons. The number of nitrogens with two attached hydrogens (primary N) is 1. The normalized spacial score (nSPS) is 11.3. The van der Waals surface area contributed by atoms with E-state index in [1.807, 2.05) is 20.8 Å². The molecule has 0 heterocycles. The predicted molar refractivity (Wildman–Crippen MR) is 52.2 cm³/mol. The van der Waals surface area contributed by atoms with Gasteiger partial charge in [0.05, 0.1) is 5.75 Å². The molecule has 0 rings (SSSR count). The molecule has 0 aliphatic rings. The highest BCUT2D eigenvalue weighted by molar-refractivity contribution is 7.99. The first kappa shape index (κ1) is 11.8. The van der Waals surface area contributed by atoms with E-state index in [4.69, 9.17) is 10.5 Å². The SMILES string of the molecule is CC(C)(C)OC(=O)CSCCN. The third-order valence-corrected chi connectivity index (χ3v) is 1.87. The van der Waals surface area contributed by atoms with Crippen LogP contribution in [0.25, 0.3) is 0 Å². The lowest BCUT2D eigenvalue weighted by molar-refractivity contribution is -0.151. The highest BCUT2D eigenvalue weighted by Gasteiger charge is 2.15. The van der Waals surface area contributed by atoms with Crippen LogP contribution in [0.2, 0.25) is 0 Å². The van der Waals surface area contributed by atoms with Crippen molar-refractivity contribution in [1.82, 2.24) is 0 Å². The zero-order chi connectivity index (χ0) is 9.61. The lowest BCUT2D eigenvalue weighted by atomic mass is 10.2. The lowest BCUT2D eigenvalue weighted by Crippen LogP contribution is -2.25. The summed E-state index contributed by atoms with van der Waals surface area (Å²) < 4.78 is 5.08. The van der Waals surface area contributed by atoms with Crippen LogP contribution in [0, 0.1) is 0 Å². The minimum Gasteiger partial charge on any atom is -0.459 e. The van der Waals surface area contributed by atoms with Crippen LogP contribution in [0.3, 0.4) is 0 Å². The van der Waals surface area contributed by atoms with Gasteiger partial charge in [-0.2, -0.15) is 0 Å². The van der Waals surface area contributed by atoms with E-state index in [1.165, 1.54) is 11.8 Å². The molecule has 4 heteroatoms. The first-order valence-corrected chi connectivity index (χ1v) is 5.11. The van der Waals surface area contributed by atoms with Crippen LogP contribution >= 0.6 is 11.8 Å². The molecule has 72 valence electrons. The maximum absolute atomic E-state index is 11.0. The highest BCUT2D eigenvalue weighted by Crippen LogP contribution is 2.09. The minimum atomic E-state index is -0.375. The van der Waals surface area contributed by atoms with E-state index < -0.39 is 0 Å². The Balaban J connectivity index is 3.47. The molecular weight excluding hydrogens is 174 g/mol. The molecule has 0 aromatic rings. The van der Waals surface area contributed by atoms with E-state index in [1.54, 1.807) is 0 Å². The summed E-state index contributed by atoms with van der Waals surface area (Å²) in [5.41, 5.74) is 4.89. The van der Waals surface area contributed by atoms with Gasteiger partial charge in [0.2, 0.25) is 0 Å². The van der Waals surface area contributed by atoms with Crippen LogP contribution in [-0.4, -0.2) is 29.6 Å². The summed E-state index contributed by atoms with van der Waals surface area (Å²) in [6, 6.07) is 0. The van der Waals surface area contributed by atoms with Gasteiger partial charge >= 0.3 is 5.97 Å². The summed E-state index contributed by atoms with van der Waals surface area (Å²) in [5.74, 6) is 1.04. The zero-order valence-electron chi connectivity index (χ0n) is 7.92. The van der Waals surface area contributed by atoms with Crippen molar-refractivity contribution in [2.45, 2.75) is 26.4 Å². The average molecular weight is 191 g/mol. The molecule has 12 heavy (non-hydrogen) atoms. The van der Waals surface area contributed by atoms with Crippen molar-refractivity contribution >= 4 is 17.7 Å². The number of ether oxygens (including phenoxy) is 1. The van der Waals surface area contributed by atoms with Crippen molar-refractivity contribution in [3.05, 3.63) is 0 Å². The molecule has 0 aromatic carbocycles. The monoisotopic (exact) mass is 191 g/mol. The molecule has 0 bridgehead atoms. The second kappa shape index (κ2) is 5.43. The van der Waals surface area contributed by atoms with Gasteiger partial charge in [-0.25, -0.2) is 0 Å². The average Bonchev–Trinajstić information content (AvgIpc) is 1.84. The molecule has 0 unspecified atom stereocenters. The minimum absolute atomic E-state index is 0.166. The van der Waals surface area contributed by atoms with E-state index in [0.717, 1.165) is 5.75 Å². The number of carbonyl (C=O) groups excluding carboxylic acids is 1. The van der Waals surface area contributed by atoms with Crippen molar-refractivity contribution in [1.29, 1.82) is 0 Å². The summed E-state index contributed by atoms with van der Waals surface area (Å²) in [7, 11) is 0. The number of esters is 1. The molecule has 2 N–H and O–H groups in total. The molecule has 0 aliphatic carbocycles. The predicted octanol–water partition coefficient (Wildman–Crippen LogP) is 1.02. The highest BCUT2D eigenvalue weighted by atomic mass is 32.2. The molecule has 0 spiro atoms. The topological polar surface area (TPSA) is 52.3 Å². The van der Waals surface area contributed by atoms with Crippen LogP contribution in [-0.2, 0) is 9.53 Å². The van der Waals surface area contributed by atoms with Gasteiger partial charge < -0.3 is 10.5 Å². The standard InChI is InChI=1S/C8H17NO2S/c1-8(2,3)11-7(10)6-12-5-4-9/h4-6,9H2,1-3H3. The quantitative estimate of drug-likeness (QED) is 0.532. The van der Waals surface area contributed by atoms with Crippen LogP contribution in [0.1, 0.15) is 20.8 Å². The van der Waals surface area contributed by atoms with Crippen molar-refractivity contribution in [2.75, 3.05) is 18.1 Å². The molecule has 0 fully saturated rings. The van der Waals surface area contributed by atoms with Gasteiger partial charge in [0.15, 0.2) is 0 Å². The Morgan fingerprint density at radius 1 is 1.50 bits per heavy atom. The fraction of sp³-hybridized carbons (Fsp3) is 0.875. The van der Waals surface area contributed by atoms with Crippen LogP contribution in [0.5, 0.6) is 0 Å². The first-order valence-electron chi connectivity index (χ1n) is 3.95. The lowest BCUT2D eigenvalue weighted by Gasteiger charge is -2.19. The van der Waals surface area contributed by atoms with Crippen LogP contribution < -0.4 is 5.73 Å². The van der Waals surface area contributed by atoms with E-state index in [-0.39, 0.29) is 11.6 Å². The molecule has 0 saturated heterocycles. The van der Waals surface area contributed by atoms with Crippen LogP contribution in [0.4, 0.5) is 0 Å². The molecule has 0 saturated carbocycles. The Kier molecular flexibility index (Phi) is 5.33. The van der Waals surface area contributed by atoms with E-state index >= 15 is 0 Å². The maximum Gasteiger partial charge on any atom is 0.316 e. The van der Waals surface area contributed by atoms with Gasteiger partial charge in [0.1, 0.15) is 5.60 Å². The third kappa shape index (κ3) is 7.88. The number of rotatable bonds is 4. The molecule has 0 atom stereocenters. The summed E-state index contributed by atoms with van der Waals surface area (Å²) in [5, 5.41) is 0. The molecule has 0 aromatic heterocycles. The van der Waals surface area contributed by atoms with Gasteiger partial charge in [-0.3, -0.25) is 4.79 Å². The van der Waals surface area contributed by atoms with Gasteiger partial charge in [-0.15, -0.1) is 11.8 Å². The zero-order valence-corrected chi connectivity index (χ0v) is 8.74. The largest absolute Gasteiger partial charge is 0.459 e. The van der Waals surface area contributed by atoms with Gasteiger partial charge in [-0.05, 0) is 20.8 Å². The Hall–Kier alpha value is -0.220. The number of hydrogen-bond donors (Lipinski definition) is 1. The molecule has 0 aliphatic heterocycles. The Morgan fingerprint density at radius 2 is 2.08 bits per heavy atom. The van der Waals surface area contributed by atoms with E-state index in [0.29, 0.717) is 12.3 Å². The van der Waals surface area contributed by atoms with Crippen molar-refractivity contribution < 1.29 is 9.53 Å². The van der Waals surface area contributed by atoms with Gasteiger partial charge in [0.25, 0.3) is 0 Å². The van der Waals surface area contributed by atoms with Crippen molar-refractivity contribution in [2.24, 2.45) is 5.73 Å². The summed E-state index contributed by atoms with van der Waals surface area (Å²) >= 11 is 1.50. The second-order valence-corrected chi connectivity index (χ2v) is 4.53. The fourth-order valence-electron chi connectivity index (χ4n) is 0.610. The number of carbonyl (C=O) groups is 1. The van der Waals surface area contributed by atoms with E-state index in [9.17, 15) is 4.79 Å². The Labute approximate surface area is 78.0 Å². The Bertz CT molecular complexity index is 142. The molecular formula is C8H17NO2S. The number of thioether (sulfide) groups is 1. The van der Waals surface area contributed by atoms with Crippen molar-refractivity contribution in [3.63, 3.8) is 0 Å². The maximum atomic E-state index is 11.0. The summed E-state index contributed by atoms with van der Waals surface area (Å²) in [6.45, 7) is 6.18. The molecule has 3 nitrogen and oxygen atoms in total. The Morgan fingerprint density at radius 3 is 2.50 bits per heavy atom. The van der Waals surface area contributed by atoms with Crippen LogP contribution in [0.15, 0.2) is 0 Å². The summed E-state index contributed by atoms with van der Waals surface area (Å²) in [6.07, 6.45) is 0. The molecule has 0 amide bonds. The van der Waals surface area contributed by atoms with Gasteiger partial charge in [0, 0.05) is 12.3 Å². The number of hydrogen-bond acceptors (Lipinski definition) is 4. The smallest absolute Gasteiger partial charge is 0.316 e. The fourth-order valence-corrected chi connectivity index (χ4v) is 1.15. The second-order valence-electron chi connectivity index (χ2n) is 3.43. The van der Waals surface area contributed by atoms with E-state index in [2.05, 4.69) is 0 Å². The van der Waals surface area contributed by atoms with Crippen molar-refractivity contribution in [3.8, 4) is 0 Å². The van der Waals surface area contributed by atoms with Gasteiger partial charge in [-0.1, -0.05) is 0 Å². The third-order valence-electron chi connectivity index (χ3n) is 0.902. The summed E-state index contributed by atoms with van der Waals surface area (Å²) in [4.78, 5) is 11.0. The first-order chi connectivity index (χ1) is 5.45.